The van der Waals surface area contributed by atoms with E-state index in [1.54, 1.807) is 6.33 Å². The van der Waals surface area contributed by atoms with E-state index in [4.69, 9.17) is 0 Å². The number of rotatable bonds is 4. The first kappa shape index (κ1) is 14.4. The van der Waals surface area contributed by atoms with Gasteiger partial charge in [-0.3, -0.25) is 4.98 Å². The Hall–Kier alpha value is -1.98. The van der Waals surface area contributed by atoms with Gasteiger partial charge < -0.3 is 17.7 Å². The van der Waals surface area contributed by atoms with Crippen molar-refractivity contribution in [3.63, 3.8) is 0 Å². The molecule has 0 atom stereocenters. The predicted octanol–water partition coefficient (Wildman–Crippen LogP) is -2.10. The topological polar surface area (TPSA) is 60.2 Å². The van der Waals surface area contributed by atoms with E-state index >= 15 is 0 Å². The van der Waals surface area contributed by atoms with E-state index in [0.717, 1.165) is 35.5 Å². The lowest BCUT2D eigenvalue weighted by Crippen LogP contribution is -3.00. The van der Waals surface area contributed by atoms with Gasteiger partial charge in [0.25, 0.3) is 0 Å². The molecule has 0 bridgehead atoms. The summed E-state index contributed by atoms with van der Waals surface area (Å²) in [5.41, 5.74) is 1.95. The molecule has 1 aromatic carbocycles. The van der Waals surface area contributed by atoms with E-state index in [1.165, 1.54) is 0 Å². The molecular formula is C14H16ClN5. The molecule has 5 nitrogen and oxygen atoms in total. The number of fused-ring (bicyclic) bond motifs is 1. The van der Waals surface area contributed by atoms with Crippen LogP contribution in [0.15, 0.2) is 42.9 Å². The lowest BCUT2D eigenvalue weighted by atomic mass is 10.2. The Balaban J connectivity index is 0.00000147. The second-order valence-corrected chi connectivity index (χ2v) is 4.38. The zero-order valence-electron chi connectivity index (χ0n) is 11.2. The molecule has 0 aliphatic carbocycles. The number of pyridine rings is 1. The maximum Gasteiger partial charge on any atom is 0.187 e. The lowest BCUT2D eigenvalue weighted by Gasteiger charge is -2.05. The maximum absolute atomic E-state index is 4.46. The van der Waals surface area contributed by atoms with Gasteiger partial charge in [-0.25, -0.2) is 9.67 Å². The van der Waals surface area contributed by atoms with E-state index in [2.05, 4.69) is 39.4 Å². The summed E-state index contributed by atoms with van der Waals surface area (Å²) < 4.78 is 1.85. The molecule has 104 valence electrons. The fourth-order valence-electron chi connectivity index (χ4n) is 2.07. The molecule has 3 aromatic rings. The van der Waals surface area contributed by atoms with Crippen LogP contribution in [0, 0.1) is 0 Å². The fraction of sp³-hybridized carbons (Fsp3) is 0.214. The number of benzene rings is 1. The molecule has 0 saturated carbocycles. The first-order chi connectivity index (χ1) is 9.38. The molecule has 0 spiro atoms. The average molecular weight is 290 g/mol. The molecule has 6 heteroatoms. The second-order valence-electron chi connectivity index (χ2n) is 4.38. The maximum atomic E-state index is 4.46. The molecule has 2 aromatic heterocycles. The largest absolute Gasteiger partial charge is 1.00 e. The Morgan fingerprint density at radius 1 is 1.20 bits per heavy atom. The number of nitrogens with two attached hydrogens (primary N) is 1. The standard InChI is InChI=1S/C14H15N5.ClH/c1-2-15-9-14-17-10-18-19(14)12-7-11-5-3-4-6-13(11)16-8-12;/h3-8,10,15H,2,9H2,1H3;1H. The zero-order valence-corrected chi connectivity index (χ0v) is 12.0. The lowest BCUT2D eigenvalue weighted by molar-refractivity contribution is -0.668. The van der Waals surface area contributed by atoms with Gasteiger partial charge in [-0.15, -0.1) is 0 Å². The van der Waals surface area contributed by atoms with Crippen molar-refractivity contribution in [3.8, 4) is 5.69 Å². The van der Waals surface area contributed by atoms with Crippen LogP contribution < -0.4 is 17.7 Å². The molecule has 2 heterocycles. The molecular weight excluding hydrogens is 274 g/mol. The Kier molecular flexibility index (Phi) is 4.65. The molecule has 0 aliphatic rings. The van der Waals surface area contributed by atoms with Gasteiger partial charge in [0.15, 0.2) is 5.82 Å². The van der Waals surface area contributed by atoms with E-state index in [0.29, 0.717) is 0 Å². The highest BCUT2D eigenvalue weighted by molar-refractivity contribution is 5.79. The van der Waals surface area contributed by atoms with Crippen molar-refractivity contribution in [1.82, 2.24) is 19.7 Å². The quantitative estimate of drug-likeness (QED) is 0.599. The summed E-state index contributed by atoms with van der Waals surface area (Å²) >= 11 is 0. The monoisotopic (exact) mass is 289 g/mol. The van der Waals surface area contributed by atoms with Crippen LogP contribution >= 0.6 is 0 Å². The summed E-state index contributed by atoms with van der Waals surface area (Å²) in [6, 6.07) is 10.2. The van der Waals surface area contributed by atoms with Crippen molar-refractivity contribution in [2.24, 2.45) is 0 Å². The number of aromatic nitrogens is 4. The van der Waals surface area contributed by atoms with Gasteiger partial charge in [0.1, 0.15) is 12.9 Å². The van der Waals surface area contributed by atoms with Gasteiger partial charge >= 0.3 is 0 Å². The Labute approximate surface area is 123 Å². The summed E-state index contributed by atoms with van der Waals surface area (Å²) in [4.78, 5) is 8.76. The van der Waals surface area contributed by atoms with Gasteiger partial charge in [-0.05, 0) is 19.1 Å². The van der Waals surface area contributed by atoms with Crippen LogP contribution in [0.5, 0.6) is 0 Å². The summed E-state index contributed by atoms with van der Waals surface area (Å²) in [6.45, 7) is 3.98. The van der Waals surface area contributed by atoms with Crippen LogP contribution in [0.1, 0.15) is 12.7 Å². The Morgan fingerprint density at radius 3 is 2.90 bits per heavy atom. The van der Waals surface area contributed by atoms with Crippen LogP contribution in [-0.2, 0) is 6.54 Å². The highest BCUT2D eigenvalue weighted by Crippen LogP contribution is 2.15. The summed E-state index contributed by atoms with van der Waals surface area (Å²) in [5.74, 6) is 0.943. The third-order valence-corrected chi connectivity index (χ3v) is 3.05. The third-order valence-electron chi connectivity index (χ3n) is 3.05. The number of nitrogens with zero attached hydrogens (tertiary/aromatic N) is 4. The van der Waals surface area contributed by atoms with E-state index < -0.39 is 0 Å². The van der Waals surface area contributed by atoms with Crippen molar-refractivity contribution in [2.45, 2.75) is 13.5 Å². The molecule has 0 aliphatic heterocycles. The minimum absolute atomic E-state index is 0. The summed E-state index contributed by atoms with van der Waals surface area (Å²) in [5, 5.41) is 7.59. The van der Waals surface area contributed by atoms with Gasteiger partial charge in [0.05, 0.1) is 23.9 Å². The second kappa shape index (κ2) is 6.45. The molecule has 0 saturated heterocycles. The van der Waals surface area contributed by atoms with E-state index in [1.807, 2.05) is 29.1 Å². The third kappa shape index (κ3) is 2.79. The SMILES string of the molecule is CC[NH2+]Cc1ncnn1-c1cnc2ccccc2c1.[Cl-]. The van der Waals surface area contributed by atoms with Crippen molar-refractivity contribution in [1.29, 1.82) is 0 Å². The summed E-state index contributed by atoms with van der Waals surface area (Å²) in [7, 11) is 0. The molecule has 0 unspecified atom stereocenters. The van der Waals surface area contributed by atoms with Crippen molar-refractivity contribution in [2.75, 3.05) is 6.54 Å². The number of hydrogen-bond donors (Lipinski definition) is 1. The first-order valence-electron chi connectivity index (χ1n) is 6.44. The average Bonchev–Trinajstić information content (AvgIpc) is 2.93. The van der Waals surface area contributed by atoms with Crippen molar-refractivity contribution >= 4 is 10.9 Å². The molecule has 0 amide bonds. The molecule has 2 N–H and O–H groups in total. The number of halogens is 1. The van der Waals surface area contributed by atoms with Gasteiger partial charge in [0, 0.05) is 5.39 Å². The van der Waals surface area contributed by atoms with Crippen LogP contribution in [0.3, 0.4) is 0 Å². The first-order valence-corrected chi connectivity index (χ1v) is 6.44. The van der Waals surface area contributed by atoms with Crippen LogP contribution in [0.25, 0.3) is 16.6 Å². The van der Waals surface area contributed by atoms with Gasteiger partial charge in [0.2, 0.25) is 0 Å². The van der Waals surface area contributed by atoms with Crippen molar-refractivity contribution in [3.05, 3.63) is 48.7 Å². The highest BCUT2D eigenvalue weighted by Gasteiger charge is 2.08. The van der Waals surface area contributed by atoms with Crippen LogP contribution in [-0.4, -0.2) is 26.3 Å². The molecule has 3 rings (SSSR count). The molecule has 20 heavy (non-hydrogen) atoms. The number of para-hydroxylation sites is 1. The number of hydrogen-bond acceptors (Lipinski definition) is 3. The van der Waals surface area contributed by atoms with E-state index in [-0.39, 0.29) is 12.4 Å². The minimum Gasteiger partial charge on any atom is -1.00 e. The summed E-state index contributed by atoms with van der Waals surface area (Å²) in [6.07, 6.45) is 3.43. The fourth-order valence-corrected chi connectivity index (χ4v) is 2.07. The highest BCUT2D eigenvalue weighted by atomic mass is 35.5. The van der Waals surface area contributed by atoms with Crippen molar-refractivity contribution < 1.29 is 17.7 Å². The predicted molar refractivity (Wildman–Crippen MR) is 72.8 cm³/mol. The Morgan fingerprint density at radius 2 is 2.05 bits per heavy atom. The smallest absolute Gasteiger partial charge is 0.187 e. The van der Waals surface area contributed by atoms with Gasteiger partial charge in [-0.1, -0.05) is 18.2 Å². The normalized spacial score (nSPS) is 10.4. The molecule has 0 radical (unpaired) electrons. The van der Waals surface area contributed by atoms with Crippen LogP contribution in [0.4, 0.5) is 0 Å². The Bertz CT molecular complexity index is 695. The number of quaternary nitrogens is 1. The zero-order chi connectivity index (χ0) is 13.1. The van der Waals surface area contributed by atoms with E-state index in [9.17, 15) is 0 Å². The molecule has 0 fully saturated rings. The minimum atomic E-state index is 0. The van der Waals surface area contributed by atoms with Gasteiger partial charge in [-0.2, -0.15) is 5.10 Å². The van der Waals surface area contributed by atoms with Crippen LogP contribution in [0.2, 0.25) is 0 Å².